The molecular formula is C20H34OS. The van der Waals surface area contributed by atoms with Crippen LogP contribution in [0.25, 0.3) is 0 Å². The Balaban J connectivity index is 3.53. The maximum absolute atomic E-state index is 6.09. The van der Waals surface area contributed by atoms with Crippen molar-refractivity contribution in [2.75, 3.05) is 12.4 Å². The Hall–Kier alpha value is -0.630. The molecule has 22 heavy (non-hydrogen) atoms. The van der Waals surface area contributed by atoms with E-state index in [1.54, 1.807) is 0 Å². The lowest BCUT2D eigenvalue weighted by atomic mass is 9.77. The number of benzene rings is 1. The van der Waals surface area contributed by atoms with E-state index in [1.807, 2.05) is 0 Å². The normalized spacial score (nSPS) is 14.0. The van der Waals surface area contributed by atoms with Gasteiger partial charge in [-0.1, -0.05) is 60.6 Å². The highest BCUT2D eigenvalue weighted by Crippen LogP contribution is 2.41. The molecule has 126 valence electrons. The van der Waals surface area contributed by atoms with E-state index < -0.39 is 0 Å². The van der Waals surface area contributed by atoms with Crippen molar-refractivity contribution in [3.63, 3.8) is 0 Å². The predicted molar refractivity (Wildman–Crippen MR) is 102 cm³/mol. The van der Waals surface area contributed by atoms with Crippen molar-refractivity contribution in [1.29, 1.82) is 0 Å². The minimum absolute atomic E-state index is 0.0741. The molecule has 0 bridgehead atoms. The van der Waals surface area contributed by atoms with Crippen molar-refractivity contribution >= 4 is 12.6 Å². The van der Waals surface area contributed by atoms with Crippen molar-refractivity contribution in [1.82, 2.24) is 0 Å². The predicted octanol–water partition coefficient (Wildman–Crippen LogP) is 5.79. The highest BCUT2D eigenvalue weighted by Gasteiger charge is 2.27. The maximum Gasteiger partial charge on any atom is 0.126 e. The first-order valence-electron chi connectivity index (χ1n) is 8.42. The van der Waals surface area contributed by atoms with Gasteiger partial charge < -0.3 is 4.74 Å². The summed E-state index contributed by atoms with van der Waals surface area (Å²) in [5.74, 6) is 2.59. The molecule has 0 saturated carbocycles. The molecule has 2 heteroatoms. The van der Waals surface area contributed by atoms with Crippen LogP contribution in [-0.2, 0) is 17.3 Å². The average molecular weight is 323 g/mol. The lowest BCUT2D eigenvalue weighted by Gasteiger charge is -2.31. The molecule has 0 heterocycles. The third kappa shape index (κ3) is 4.94. The zero-order valence-electron chi connectivity index (χ0n) is 15.7. The largest absolute Gasteiger partial charge is 0.493 e. The Kier molecular flexibility index (Phi) is 6.44. The molecule has 0 radical (unpaired) electrons. The first kappa shape index (κ1) is 19.4. The fraction of sp³-hybridized carbons (Fsp3) is 0.700. The molecule has 0 aliphatic rings. The van der Waals surface area contributed by atoms with Gasteiger partial charge in [-0.15, -0.1) is 0 Å². The Morgan fingerprint density at radius 2 is 1.45 bits per heavy atom. The SMILES string of the molecule is CCOc1c(C(C)(C)C)cc(CC(C)CS)cc1C(C)(C)C. The minimum Gasteiger partial charge on any atom is -0.493 e. The number of hydrogen-bond donors (Lipinski definition) is 1. The quantitative estimate of drug-likeness (QED) is 0.675. The molecule has 1 unspecified atom stereocenters. The Morgan fingerprint density at radius 3 is 1.77 bits per heavy atom. The van der Waals surface area contributed by atoms with Gasteiger partial charge in [0.25, 0.3) is 0 Å². The third-order valence-corrected chi connectivity index (χ3v) is 4.57. The van der Waals surface area contributed by atoms with Gasteiger partial charge in [0.05, 0.1) is 6.61 Å². The van der Waals surface area contributed by atoms with Crippen molar-refractivity contribution in [3.8, 4) is 5.75 Å². The molecule has 1 rings (SSSR count). The maximum atomic E-state index is 6.09. The first-order valence-corrected chi connectivity index (χ1v) is 9.05. The van der Waals surface area contributed by atoms with Gasteiger partial charge in [-0.05, 0) is 41.4 Å². The zero-order chi connectivity index (χ0) is 17.1. The molecule has 0 amide bonds. The Labute approximate surface area is 143 Å². The van der Waals surface area contributed by atoms with Gasteiger partial charge in [-0.3, -0.25) is 0 Å². The standard InChI is InChI=1S/C20H34OS/c1-9-21-18-16(19(3,4)5)11-15(10-14(2)13-22)12-17(18)20(6,7)8/h11-12,14,22H,9-10,13H2,1-8H3. The van der Waals surface area contributed by atoms with Crippen LogP contribution in [0.3, 0.4) is 0 Å². The molecular weight excluding hydrogens is 288 g/mol. The average Bonchev–Trinajstić information content (AvgIpc) is 2.37. The van der Waals surface area contributed by atoms with Gasteiger partial charge in [0.1, 0.15) is 5.75 Å². The molecule has 1 aromatic rings. The summed E-state index contributed by atoms with van der Waals surface area (Å²) in [5, 5.41) is 0. The van der Waals surface area contributed by atoms with Crippen LogP contribution in [0.5, 0.6) is 5.75 Å². The van der Waals surface area contributed by atoms with Gasteiger partial charge in [0.2, 0.25) is 0 Å². The van der Waals surface area contributed by atoms with Crippen LogP contribution in [0.2, 0.25) is 0 Å². The van der Waals surface area contributed by atoms with E-state index in [0.717, 1.165) is 17.9 Å². The number of hydrogen-bond acceptors (Lipinski definition) is 2. The summed E-state index contributed by atoms with van der Waals surface area (Å²) in [5.41, 5.74) is 4.20. The van der Waals surface area contributed by atoms with Crippen LogP contribution in [0.4, 0.5) is 0 Å². The first-order chi connectivity index (χ1) is 10.0. The van der Waals surface area contributed by atoms with Crippen molar-refractivity contribution in [2.24, 2.45) is 5.92 Å². The highest BCUT2D eigenvalue weighted by atomic mass is 32.1. The monoisotopic (exact) mass is 322 g/mol. The summed E-state index contributed by atoms with van der Waals surface area (Å²) in [7, 11) is 0. The number of ether oxygens (including phenoxy) is 1. The Bertz CT molecular complexity index is 456. The summed E-state index contributed by atoms with van der Waals surface area (Å²) in [6.45, 7) is 18.6. The van der Waals surface area contributed by atoms with E-state index in [-0.39, 0.29) is 10.8 Å². The summed E-state index contributed by atoms with van der Waals surface area (Å²) in [4.78, 5) is 0. The summed E-state index contributed by atoms with van der Waals surface area (Å²) < 4.78 is 6.09. The van der Waals surface area contributed by atoms with Crippen LogP contribution in [-0.4, -0.2) is 12.4 Å². The second-order valence-corrected chi connectivity index (χ2v) is 8.81. The van der Waals surface area contributed by atoms with E-state index in [4.69, 9.17) is 4.74 Å². The van der Waals surface area contributed by atoms with Crippen LogP contribution in [0, 0.1) is 5.92 Å². The van der Waals surface area contributed by atoms with Gasteiger partial charge >= 0.3 is 0 Å². The van der Waals surface area contributed by atoms with E-state index in [0.29, 0.717) is 12.5 Å². The van der Waals surface area contributed by atoms with Crippen LogP contribution in [0.15, 0.2) is 12.1 Å². The van der Waals surface area contributed by atoms with Gasteiger partial charge in [0.15, 0.2) is 0 Å². The van der Waals surface area contributed by atoms with Crippen LogP contribution < -0.4 is 4.74 Å². The second kappa shape index (κ2) is 7.29. The summed E-state index contributed by atoms with van der Waals surface area (Å²) >= 11 is 4.44. The molecule has 0 aromatic heterocycles. The van der Waals surface area contributed by atoms with Gasteiger partial charge in [-0.2, -0.15) is 12.6 Å². The molecule has 1 nitrogen and oxygen atoms in total. The molecule has 0 spiro atoms. The van der Waals surface area contributed by atoms with Crippen molar-refractivity contribution in [2.45, 2.75) is 72.6 Å². The lowest BCUT2D eigenvalue weighted by molar-refractivity contribution is 0.319. The fourth-order valence-corrected chi connectivity index (χ4v) is 2.82. The smallest absolute Gasteiger partial charge is 0.126 e. The van der Waals surface area contributed by atoms with Crippen LogP contribution in [0.1, 0.15) is 72.1 Å². The van der Waals surface area contributed by atoms with E-state index in [1.165, 1.54) is 16.7 Å². The molecule has 0 aliphatic carbocycles. The molecule has 0 aliphatic heterocycles. The minimum atomic E-state index is 0.0741. The molecule has 0 fully saturated rings. The topological polar surface area (TPSA) is 9.23 Å². The second-order valence-electron chi connectivity index (χ2n) is 8.44. The highest BCUT2D eigenvalue weighted by molar-refractivity contribution is 7.80. The van der Waals surface area contributed by atoms with E-state index in [9.17, 15) is 0 Å². The van der Waals surface area contributed by atoms with Crippen molar-refractivity contribution in [3.05, 3.63) is 28.8 Å². The van der Waals surface area contributed by atoms with Gasteiger partial charge in [0, 0.05) is 11.1 Å². The molecule has 0 saturated heterocycles. The summed E-state index contributed by atoms with van der Waals surface area (Å²) in [6, 6.07) is 4.69. The number of thiol groups is 1. The van der Waals surface area contributed by atoms with E-state index in [2.05, 4.69) is 80.2 Å². The summed E-state index contributed by atoms with van der Waals surface area (Å²) in [6.07, 6.45) is 1.07. The van der Waals surface area contributed by atoms with Crippen molar-refractivity contribution < 1.29 is 4.74 Å². The van der Waals surface area contributed by atoms with Gasteiger partial charge in [-0.25, -0.2) is 0 Å². The number of rotatable bonds is 5. The zero-order valence-corrected chi connectivity index (χ0v) is 16.6. The molecule has 0 N–H and O–H groups in total. The van der Waals surface area contributed by atoms with E-state index >= 15 is 0 Å². The third-order valence-electron chi connectivity index (χ3n) is 3.95. The van der Waals surface area contributed by atoms with Crippen LogP contribution >= 0.6 is 12.6 Å². The molecule has 1 aromatic carbocycles. The lowest BCUT2D eigenvalue weighted by Crippen LogP contribution is -2.21. The Morgan fingerprint density at radius 1 is 1.00 bits per heavy atom. The molecule has 1 atom stereocenters. The fourth-order valence-electron chi connectivity index (χ4n) is 2.69.